The van der Waals surface area contributed by atoms with Gasteiger partial charge in [-0.3, -0.25) is 0 Å². The maximum atomic E-state index is 12.2. The average Bonchev–Trinajstić information content (AvgIpc) is 2.31. The SMILES string of the molecule is CC(C)COC[C@H](C)NC(=O)N1CCO[C@H](C)[C@H]1C. The lowest BCUT2D eigenvalue weighted by Gasteiger charge is -2.38. The van der Waals surface area contributed by atoms with Crippen molar-refractivity contribution in [2.75, 3.05) is 26.4 Å². The van der Waals surface area contributed by atoms with Crippen LogP contribution < -0.4 is 5.32 Å². The molecule has 1 rings (SSSR count). The number of hydrogen-bond donors (Lipinski definition) is 1. The summed E-state index contributed by atoms with van der Waals surface area (Å²) in [6, 6.07) is 0.109. The Morgan fingerprint density at radius 2 is 2.05 bits per heavy atom. The van der Waals surface area contributed by atoms with Crippen molar-refractivity contribution in [3.63, 3.8) is 0 Å². The van der Waals surface area contributed by atoms with Crippen LogP contribution >= 0.6 is 0 Å². The molecule has 0 aromatic rings. The molecule has 19 heavy (non-hydrogen) atoms. The van der Waals surface area contributed by atoms with E-state index in [4.69, 9.17) is 9.47 Å². The molecule has 0 unspecified atom stereocenters. The highest BCUT2D eigenvalue weighted by molar-refractivity contribution is 5.75. The molecular formula is C14H28N2O3. The van der Waals surface area contributed by atoms with Crippen LogP contribution in [0.4, 0.5) is 4.79 Å². The van der Waals surface area contributed by atoms with E-state index in [-0.39, 0.29) is 24.2 Å². The molecule has 0 spiro atoms. The molecule has 1 saturated heterocycles. The average molecular weight is 272 g/mol. The van der Waals surface area contributed by atoms with E-state index in [9.17, 15) is 4.79 Å². The van der Waals surface area contributed by atoms with Gasteiger partial charge < -0.3 is 19.7 Å². The van der Waals surface area contributed by atoms with Gasteiger partial charge in [0.2, 0.25) is 0 Å². The number of morpholine rings is 1. The van der Waals surface area contributed by atoms with Crippen molar-refractivity contribution >= 4 is 6.03 Å². The Morgan fingerprint density at radius 3 is 2.68 bits per heavy atom. The zero-order valence-corrected chi connectivity index (χ0v) is 12.8. The summed E-state index contributed by atoms with van der Waals surface area (Å²) in [4.78, 5) is 14.0. The number of amides is 2. The van der Waals surface area contributed by atoms with Gasteiger partial charge in [0.15, 0.2) is 0 Å². The van der Waals surface area contributed by atoms with Crippen molar-refractivity contribution in [3.05, 3.63) is 0 Å². The topological polar surface area (TPSA) is 50.8 Å². The van der Waals surface area contributed by atoms with Crippen LogP contribution in [0.25, 0.3) is 0 Å². The van der Waals surface area contributed by atoms with Crippen LogP contribution in [0.15, 0.2) is 0 Å². The summed E-state index contributed by atoms with van der Waals surface area (Å²) in [6.07, 6.45) is 0.0898. The fourth-order valence-electron chi connectivity index (χ4n) is 2.04. The molecule has 0 aliphatic carbocycles. The summed E-state index contributed by atoms with van der Waals surface area (Å²) in [5.41, 5.74) is 0. The van der Waals surface area contributed by atoms with Gasteiger partial charge in [-0.05, 0) is 26.7 Å². The van der Waals surface area contributed by atoms with Gasteiger partial charge in [0.1, 0.15) is 0 Å². The van der Waals surface area contributed by atoms with Crippen LogP contribution in [0.5, 0.6) is 0 Å². The molecule has 1 aliphatic rings. The normalized spacial score (nSPS) is 25.5. The van der Waals surface area contributed by atoms with Gasteiger partial charge >= 0.3 is 6.03 Å². The summed E-state index contributed by atoms with van der Waals surface area (Å²) < 4.78 is 11.1. The van der Waals surface area contributed by atoms with Crippen LogP contribution in [-0.2, 0) is 9.47 Å². The van der Waals surface area contributed by atoms with E-state index < -0.39 is 0 Å². The number of hydrogen-bond acceptors (Lipinski definition) is 3. The van der Waals surface area contributed by atoms with Crippen molar-refractivity contribution in [2.45, 2.75) is 52.8 Å². The van der Waals surface area contributed by atoms with Gasteiger partial charge in [0.25, 0.3) is 0 Å². The number of carbonyl (C=O) groups excluding carboxylic acids is 1. The van der Waals surface area contributed by atoms with Crippen LogP contribution in [0.2, 0.25) is 0 Å². The van der Waals surface area contributed by atoms with E-state index in [2.05, 4.69) is 19.2 Å². The Kier molecular flexibility index (Phi) is 6.58. The lowest BCUT2D eigenvalue weighted by Crippen LogP contribution is -2.56. The van der Waals surface area contributed by atoms with Crippen molar-refractivity contribution in [3.8, 4) is 0 Å². The fourth-order valence-corrected chi connectivity index (χ4v) is 2.04. The van der Waals surface area contributed by atoms with Crippen molar-refractivity contribution in [1.29, 1.82) is 0 Å². The highest BCUT2D eigenvalue weighted by Crippen LogP contribution is 2.13. The molecule has 0 bridgehead atoms. The summed E-state index contributed by atoms with van der Waals surface area (Å²) in [5.74, 6) is 0.517. The molecule has 5 heteroatoms. The van der Waals surface area contributed by atoms with Gasteiger partial charge in [-0.2, -0.15) is 0 Å². The second-order valence-corrected chi connectivity index (χ2v) is 5.79. The first-order valence-electron chi connectivity index (χ1n) is 7.18. The van der Waals surface area contributed by atoms with Crippen LogP contribution in [0.3, 0.4) is 0 Å². The molecule has 0 aromatic heterocycles. The zero-order valence-electron chi connectivity index (χ0n) is 12.8. The minimum absolute atomic E-state index is 0.0246. The lowest BCUT2D eigenvalue weighted by molar-refractivity contribution is -0.0383. The molecule has 0 radical (unpaired) electrons. The molecule has 0 aromatic carbocycles. The Morgan fingerprint density at radius 1 is 1.37 bits per heavy atom. The third-order valence-corrected chi connectivity index (χ3v) is 3.33. The Bertz CT molecular complexity index is 284. The van der Waals surface area contributed by atoms with E-state index in [1.165, 1.54) is 0 Å². The van der Waals surface area contributed by atoms with E-state index in [0.29, 0.717) is 25.7 Å². The Labute approximate surface area is 116 Å². The number of urea groups is 1. The number of rotatable bonds is 5. The second kappa shape index (κ2) is 7.70. The number of nitrogens with zero attached hydrogens (tertiary/aromatic N) is 1. The maximum Gasteiger partial charge on any atom is 0.318 e. The predicted octanol–water partition coefficient (Wildman–Crippen LogP) is 1.87. The molecule has 1 fully saturated rings. The number of carbonyl (C=O) groups is 1. The minimum Gasteiger partial charge on any atom is -0.379 e. The highest BCUT2D eigenvalue weighted by atomic mass is 16.5. The summed E-state index contributed by atoms with van der Waals surface area (Å²) in [7, 11) is 0. The Hall–Kier alpha value is -0.810. The highest BCUT2D eigenvalue weighted by Gasteiger charge is 2.29. The molecule has 3 atom stereocenters. The summed E-state index contributed by atoms with van der Waals surface area (Å²) >= 11 is 0. The first-order chi connectivity index (χ1) is 8.91. The molecule has 2 amide bonds. The fraction of sp³-hybridized carbons (Fsp3) is 0.929. The zero-order chi connectivity index (χ0) is 14.4. The molecule has 112 valence electrons. The third kappa shape index (κ3) is 5.37. The summed E-state index contributed by atoms with van der Waals surface area (Å²) in [5, 5.41) is 2.98. The molecule has 1 N–H and O–H groups in total. The molecule has 1 aliphatic heterocycles. The second-order valence-electron chi connectivity index (χ2n) is 5.79. The largest absolute Gasteiger partial charge is 0.379 e. The van der Waals surface area contributed by atoms with Crippen LogP contribution in [0.1, 0.15) is 34.6 Å². The van der Waals surface area contributed by atoms with Gasteiger partial charge in [-0.25, -0.2) is 4.79 Å². The molecule has 1 heterocycles. The molecule has 5 nitrogen and oxygen atoms in total. The van der Waals surface area contributed by atoms with Crippen LogP contribution in [-0.4, -0.2) is 55.5 Å². The van der Waals surface area contributed by atoms with Gasteiger partial charge in [-0.15, -0.1) is 0 Å². The van der Waals surface area contributed by atoms with Gasteiger partial charge in [0, 0.05) is 13.2 Å². The first-order valence-corrected chi connectivity index (χ1v) is 7.18. The molecular weight excluding hydrogens is 244 g/mol. The summed E-state index contributed by atoms with van der Waals surface area (Å²) in [6.45, 7) is 12.7. The number of nitrogens with one attached hydrogen (secondary N) is 1. The molecule has 0 saturated carbocycles. The maximum absolute atomic E-state index is 12.2. The standard InChI is InChI=1S/C14H28N2O3/c1-10(2)8-18-9-11(3)15-14(17)16-6-7-19-13(5)12(16)4/h10-13H,6-9H2,1-5H3,(H,15,17)/t11-,12+,13+/m0/s1. The smallest absolute Gasteiger partial charge is 0.318 e. The predicted molar refractivity (Wildman–Crippen MR) is 75.2 cm³/mol. The van der Waals surface area contributed by atoms with E-state index in [1.807, 2.05) is 25.7 Å². The first kappa shape index (κ1) is 16.2. The third-order valence-electron chi connectivity index (χ3n) is 3.33. The lowest BCUT2D eigenvalue weighted by atomic mass is 10.1. The van der Waals surface area contributed by atoms with Gasteiger partial charge in [-0.1, -0.05) is 13.8 Å². The van der Waals surface area contributed by atoms with Crippen molar-refractivity contribution in [2.24, 2.45) is 5.92 Å². The monoisotopic (exact) mass is 272 g/mol. The van der Waals surface area contributed by atoms with Crippen molar-refractivity contribution < 1.29 is 14.3 Å². The van der Waals surface area contributed by atoms with E-state index >= 15 is 0 Å². The van der Waals surface area contributed by atoms with E-state index in [0.717, 1.165) is 6.61 Å². The van der Waals surface area contributed by atoms with Gasteiger partial charge in [0.05, 0.1) is 31.4 Å². The van der Waals surface area contributed by atoms with Crippen molar-refractivity contribution in [1.82, 2.24) is 10.2 Å². The minimum atomic E-state index is -0.0247. The quantitative estimate of drug-likeness (QED) is 0.831. The Balaban J connectivity index is 2.32. The number of ether oxygens (including phenoxy) is 2. The van der Waals surface area contributed by atoms with Crippen LogP contribution in [0, 0.1) is 5.92 Å². The van der Waals surface area contributed by atoms with E-state index in [1.54, 1.807) is 0 Å².